The average molecular weight is 354 g/mol. The SMILES string of the molecule is O=C1CC2(CCN(Cc3ncccc3F)CC2)Nc2ccccc2CN1. The number of carbonyl (C=O) groups is 1. The van der Waals surface area contributed by atoms with Crippen molar-refractivity contribution in [3.8, 4) is 0 Å². The van der Waals surface area contributed by atoms with E-state index in [2.05, 4.69) is 26.6 Å². The number of benzene rings is 1. The maximum atomic E-state index is 13.9. The largest absolute Gasteiger partial charge is 0.379 e. The van der Waals surface area contributed by atoms with Crippen LogP contribution in [0, 0.1) is 5.82 Å². The van der Waals surface area contributed by atoms with Crippen molar-refractivity contribution in [1.29, 1.82) is 0 Å². The molecule has 1 saturated heterocycles. The summed E-state index contributed by atoms with van der Waals surface area (Å²) in [4.78, 5) is 18.7. The third kappa shape index (κ3) is 3.55. The van der Waals surface area contributed by atoms with Crippen molar-refractivity contribution in [2.24, 2.45) is 0 Å². The molecule has 2 aliphatic rings. The fraction of sp³-hybridized carbons (Fsp3) is 0.400. The number of piperidine rings is 1. The fourth-order valence-corrected chi connectivity index (χ4v) is 3.88. The van der Waals surface area contributed by atoms with Crippen LogP contribution in [0.15, 0.2) is 42.6 Å². The smallest absolute Gasteiger partial charge is 0.222 e. The molecule has 136 valence electrons. The Morgan fingerprint density at radius 1 is 1.15 bits per heavy atom. The molecule has 3 heterocycles. The number of carbonyl (C=O) groups excluding carboxylic acids is 1. The van der Waals surface area contributed by atoms with E-state index in [1.54, 1.807) is 12.3 Å². The molecule has 0 bridgehead atoms. The average Bonchev–Trinajstić information content (AvgIpc) is 2.64. The molecular weight excluding hydrogens is 331 g/mol. The summed E-state index contributed by atoms with van der Waals surface area (Å²) in [7, 11) is 0. The first-order chi connectivity index (χ1) is 12.6. The number of anilines is 1. The van der Waals surface area contributed by atoms with Crippen LogP contribution in [0.1, 0.15) is 30.5 Å². The van der Waals surface area contributed by atoms with Gasteiger partial charge in [0.15, 0.2) is 0 Å². The van der Waals surface area contributed by atoms with E-state index in [1.807, 2.05) is 18.2 Å². The molecule has 1 amide bonds. The molecule has 5 nitrogen and oxygen atoms in total. The van der Waals surface area contributed by atoms with Gasteiger partial charge in [0.25, 0.3) is 0 Å². The van der Waals surface area contributed by atoms with Gasteiger partial charge in [-0.2, -0.15) is 0 Å². The minimum atomic E-state index is -0.259. The number of nitrogens with zero attached hydrogens (tertiary/aromatic N) is 2. The van der Waals surface area contributed by atoms with E-state index in [9.17, 15) is 9.18 Å². The lowest BCUT2D eigenvalue weighted by atomic mass is 9.82. The number of rotatable bonds is 2. The van der Waals surface area contributed by atoms with E-state index in [1.165, 1.54) is 6.07 Å². The topological polar surface area (TPSA) is 57.3 Å². The number of fused-ring (bicyclic) bond motifs is 1. The molecule has 0 saturated carbocycles. The molecule has 1 fully saturated rings. The van der Waals surface area contributed by atoms with E-state index in [0.717, 1.165) is 37.2 Å². The Morgan fingerprint density at radius 3 is 2.77 bits per heavy atom. The summed E-state index contributed by atoms with van der Waals surface area (Å²) < 4.78 is 13.9. The van der Waals surface area contributed by atoms with Gasteiger partial charge in [-0.15, -0.1) is 0 Å². The normalized spacial score (nSPS) is 19.8. The molecule has 0 unspecified atom stereocenters. The highest BCUT2D eigenvalue weighted by atomic mass is 19.1. The predicted molar refractivity (Wildman–Crippen MR) is 98.0 cm³/mol. The van der Waals surface area contributed by atoms with E-state index in [0.29, 0.717) is 25.2 Å². The zero-order chi connectivity index (χ0) is 18.0. The number of para-hydroxylation sites is 1. The van der Waals surface area contributed by atoms with Crippen LogP contribution >= 0.6 is 0 Å². The van der Waals surface area contributed by atoms with Crippen LogP contribution in [0.3, 0.4) is 0 Å². The lowest BCUT2D eigenvalue weighted by Crippen LogP contribution is -2.52. The third-order valence-electron chi connectivity index (χ3n) is 5.41. The van der Waals surface area contributed by atoms with Crippen molar-refractivity contribution in [3.05, 3.63) is 59.7 Å². The molecule has 0 aliphatic carbocycles. The highest BCUT2D eigenvalue weighted by molar-refractivity contribution is 5.79. The Morgan fingerprint density at radius 2 is 1.96 bits per heavy atom. The van der Waals surface area contributed by atoms with Crippen LogP contribution in [0.4, 0.5) is 10.1 Å². The minimum Gasteiger partial charge on any atom is -0.379 e. The van der Waals surface area contributed by atoms with Crippen molar-refractivity contribution in [1.82, 2.24) is 15.2 Å². The van der Waals surface area contributed by atoms with E-state index in [-0.39, 0.29) is 17.3 Å². The van der Waals surface area contributed by atoms with Gasteiger partial charge in [0.2, 0.25) is 5.91 Å². The standard InChI is InChI=1S/C20H23FN4O/c21-16-5-3-9-22-18(16)14-25-10-7-20(8-11-25)12-19(26)23-13-15-4-1-2-6-17(15)24-20/h1-6,9,24H,7-8,10-14H2,(H,23,26). The number of nitrogens with one attached hydrogen (secondary N) is 2. The van der Waals surface area contributed by atoms with Crippen molar-refractivity contribution in [2.45, 2.75) is 37.9 Å². The summed E-state index contributed by atoms with van der Waals surface area (Å²) in [5.74, 6) is -0.179. The Bertz CT molecular complexity index is 802. The zero-order valence-electron chi connectivity index (χ0n) is 14.7. The van der Waals surface area contributed by atoms with Crippen LogP contribution in [-0.2, 0) is 17.9 Å². The maximum absolute atomic E-state index is 13.9. The second kappa shape index (κ2) is 7.03. The lowest BCUT2D eigenvalue weighted by Gasteiger charge is -2.44. The summed E-state index contributed by atoms with van der Waals surface area (Å²) in [6.45, 7) is 2.67. The number of likely N-dealkylation sites (tertiary alicyclic amines) is 1. The van der Waals surface area contributed by atoms with E-state index in [4.69, 9.17) is 0 Å². The number of hydrogen-bond acceptors (Lipinski definition) is 4. The Kier molecular flexibility index (Phi) is 4.59. The van der Waals surface area contributed by atoms with Crippen LogP contribution in [-0.4, -0.2) is 34.4 Å². The van der Waals surface area contributed by atoms with Gasteiger partial charge in [0.05, 0.1) is 5.69 Å². The third-order valence-corrected chi connectivity index (χ3v) is 5.41. The second-order valence-electron chi connectivity index (χ2n) is 7.22. The number of aromatic nitrogens is 1. The van der Waals surface area contributed by atoms with Crippen LogP contribution in [0.2, 0.25) is 0 Å². The fourth-order valence-electron chi connectivity index (χ4n) is 3.88. The van der Waals surface area contributed by atoms with Gasteiger partial charge in [0, 0.05) is 50.0 Å². The van der Waals surface area contributed by atoms with Crippen molar-refractivity contribution in [2.75, 3.05) is 18.4 Å². The lowest BCUT2D eigenvalue weighted by molar-refractivity contribution is -0.122. The maximum Gasteiger partial charge on any atom is 0.222 e. The quantitative estimate of drug-likeness (QED) is 0.871. The van der Waals surface area contributed by atoms with Gasteiger partial charge in [-0.25, -0.2) is 4.39 Å². The first kappa shape index (κ1) is 17.0. The van der Waals surface area contributed by atoms with Gasteiger partial charge in [-0.3, -0.25) is 14.7 Å². The molecule has 2 aliphatic heterocycles. The van der Waals surface area contributed by atoms with Gasteiger partial charge < -0.3 is 10.6 Å². The molecule has 1 aromatic carbocycles. The molecular formula is C20H23FN4O. The van der Waals surface area contributed by atoms with Crippen molar-refractivity contribution < 1.29 is 9.18 Å². The molecule has 26 heavy (non-hydrogen) atoms. The molecule has 1 spiro atoms. The number of pyridine rings is 1. The van der Waals surface area contributed by atoms with E-state index >= 15 is 0 Å². The Labute approximate surface area is 152 Å². The van der Waals surface area contributed by atoms with Gasteiger partial charge in [-0.1, -0.05) is 18.2 Å². The Hall–Kier alpha value is -2.47. The number of hydrogen-bond donors (Lipinski definition) is 2. The summed E-state index contributed by atoms with van der Waals surface area (Å²) >= 11 is 0. The van der Waals surface area contributed by atoms with Gasteiger partial charge in [0.1, 0.15) is 5.82 Å². The summed E-state index contributed by atoms with van der Waals surface area (Å²) in [6, 6.07) is 11.2. The molecule has 4 rings (SSSR count). The molecule has 6 heteroatoms. The van der Waals surface area contributed by atoms with Crippen LogP contribution in [0.5, 0.6) is 0 Å². The molecule has 2 N–H and O–H groups in total. The monoisotopic (exact) mass is 354 g/mol. The first-order valence-corrected chi connectivity index (χ1v) is 9.08. The van der Waals surface area contributed by atoms with Gasteiger partial charge in [-0.05, 0) is 36.6 Å². The summed E-state index contributed by atoms with van der Waals surface area (Å²) in [5, 5.41) is 6.68. The number of amides is 1. The Balaban J connectivity index is 1.48. The van der Waals surface area contributed by atoms with Crippen LogP contribution in [0.25, 0.3) is 0 Å². The highest BCUT2D eigenvalue weighted by Gasteiger charge is 2.38. The zero-order valence-corrected chi connectivity index (χ0v) is 14.7. The van der Waals surface area contributed by atoms with E-state index < -0.39 is 0 Å². The van der Waals surface area contributed by atoms with Gasteiger partial charge >= 0.3 is 0 Å². The predicted octanol–water partition coefficient (Wildman–Crippen LogP) is 2.69. The second-order valence-corrected chi connectivity index (χ2v) is 7.22. The summed E-state index contributed by atoms with van der Waals surface area (Å²) in [5.41, 5.74) is 2.44. The van der Waals surface area contributed by atoms with Crippen molar-refractivity contribution in [3.63, 3.8) is 0 Å². The van der Waals surface area contributed by atoms with Crippen LogP contribution < -0.4 is 10.6 Å². The summed E-state index contributed by atoms with van der Waals surface area (Å²) in [6.07, 6.45) is 3.76. The molecule has 2 aromatic rings. The molecule has 0 radical (unpaired) electrons. The van der Waals surface area contributed by atoms with Crippen molar-refractivity contribution >= 4 is 11.6 Å². The molecule has 1 aromatic heterocycles. The molecule has 0 atom stereocenters. The first-order valence-electron chi connectivity index (χ1n) is 9.08. The highest BCUT2D eigenvalue weighted by Crippen LogP contribution is 2.33. The minimum absolute atomic E-state index is 0.0798. The number of halogens is 1.